The highest BCUT2D eigenvalue weighted by molar-refractivity contribution is 6.01. The molecule has 1 saturated heterocycles. The molecule has 5 rings (SSSR count). The Hall–Kier alpha value is -1.85. The second-order valence-electron chi connectivity index (χ2n) is 11.2. The van der Waals surface area contributed by atoms with Crippen molar-refractivity contribution in [3.05, 3.63) is 23.8 Å². The number of fused-ring (bicyclic) bond motifs is 7. The predicted octanol–water partition coefficient (Wildman–Crippen LogP) is 3.55. The summed E-state index contributed by atoms with van der Waals surface area (Å²) in [5.74, 6) is -4.40. The average Bonchev–Trinajstić information content (AvgIpc) is 3.23. The Morgan fingerprint density at radius 3 is 2.57 bits per heavy atom. The van der Waals surface area contributed by atoms with Gasteiger partial charge in [0.2, 0.25) is 0 Å². The summed E-state index contributed by atoms with van der Waals surface area (Å²) in [6.07, 6.45) is -6.04. The predicted molar refractivity (Wildman–Crippen MR) is 111 cm³/mol. The number of aliphatic hydroxyl groups excluding tert-OH is 1. The normalized spacial score (nSPS) is 49.2. The van der Waals surface area contributed by atoms with Gasteiger partial charge < -0.3 is 10.2 Å². The van der Waals surface area contributed by atoms with E-state index >= 15 is 8.78 Å². The molecule has 4 fully saturated rings. The number of carboxylic acid groups (broad SMARTS) is 1. The zero-order chi connectivity index (χ0) is 25.8. The molecule has 0 amide bonds. The van der Waals surface area contributed by atoms with Crippen LogP contribution in [-0.4, -0.2) is 69.8 Å². The van der Waals surface area contributed by atoms with Gasteiger partial charge in [0.15, 0.2) is 17.1 Å². The van der Waals surface area contributed by atoms with Gasteiger partial charge in [-0.2, -0.15) is 18.2 Å². The molecule has 9 atom stereocenters. The van der Waals surface area contributed by atoms with Gasteiger partial charge in [-0.1, -0.05) is 13.0 Å². The number of carbonyl (C=O) groups is 2. The van der Waals surface area contributed by atoms with E-state index in [0.29, 0.717) is 0 Å². The number of aliphatic carboxylic acids is 1. The highest BCUT2D eigenvalue weighted by Crippen LogP contribution is 2.72. The van der Waals surface area contributed by atoms with Crippen LogP contribution in [0.5, 0.6) is 0 Å². The van der Waals surface area contributed by atoms with Crippen molar-refractivity contribution >= 4 is 11.8 Å². The third kappa shape index (κ3) is 3.03. The molecule has 0 radical (unpaired) electrons. The number of alkyl halides is 5. The molecule has 5 aliphatic rings. The molecule has 3 saturated carbocycles. The van der Waals surface area contributed by atoms with Crippen LogP contribution < -0.4 is 0 Å². The van der Waals surface area contributed by atoms with E-state index < -0.39 is 83.0 Å². The second kappa shape index (κ2) is 7.35. The number of hydrogen-bond acceptors (Lipinski definition) is 5. The van der Waals surface area contributed by atoms with Gasteiger partial charge >= 0.3 is 12.1 Å². The van der Waals surface area contributed by atoms with Crippen molar-refractivity contribution in [1.82, 2.24) is 5.06 Å². The van der Waals surface area contributed by atoms with Crippen LogP contribution >= 0.6 is 0 Å². The Labute approximate surface area is 198 Å². The van der Waals surface area contributed by atoms with E-state index in [0.717, 1.165) is 17.2 Å². The maximum absolute atomic E-state index is 17.1. The molecule has 0 spiro atoms. The molecular weight excluding hydrogens is 477 g/mol. The lowest BCUT2D eigenvalue weighted by atomic mass is 9.44. The third-order valence-electron chi connectivity index (χ3n) is 9.64. The molecule has 1 unspecified atom stereocenters. The molecule has 0 aromatic rings. The Kier molecular flexibility index (Phi) is 5.21. The average molecular weight is 505 g/mol. The monoisotopic (exact) mass is 505 g/mol. The van der Waals surface area contributed by atoms with Gasteiger partial charge in [0.25, 0.3) is 0 Å². The minimum atomic E-state index is -4.45. The maximum atomic E-state index is 17.1. The Bertz CT molecular complexity index is 1030. The van der Waals surface area contributed by atoms with Crippen molar-refractivity contribution < 1.29 is 46.6 Å². The third-order valence-corrected chi connectivity index (χ3v) is 9.64. The molecule has 0 aromatic carbocycles. The summed E-state index contributed by atoms with van der Waals surface area (Å²) >= 11 is 0. The molecule has 2 N–H and O–H groups in total. The van der Waals surface area contributed by atoms with Gasteiger partial charge in [-0.15, -0.1) is 0 Å². The lowest BCUT2D eigenvalue weighted by Gasteiger charge is -2.63. The van der Waals surface area contributed by atoms with Gasteiger partial charge in [0.05, 0.1) is 12.5 Å². The van der Waals surface area contributed by atoms with Crippen molar-refractivity contribution in [2.75, 3.05) is 13.1 Å². The molecule has 1 heterocycles. The molecule has 35 heavy (non-hydrogen) atoms. The summed E-state index contributed by atoms with van der Waals surface area (Å²) in [4.78, 5) is 30.4. The maximum Gasteiger partial charge on any atom is 0.390 e. The largest absolute Gasteiger partial charge is 0.479 e. The van der Waals surface area contributed by atoms with Crippen LogP contribution in [0.1, 0.15) is 39.5 Å². The molecule has 0 bridgehead atoms. The first-order chi connectivity index (χ1) is 16.1. The Morgan fingerprint density at radius 1 is 1.26 bits per heavy atom. The summed E-state index contributed by atoms with van der Waals surface area (Å²) in [5, 5.41) is 22.6. The van der Waals surface area contributed by atoms with Crippen molar-refractivity contribution in [2.24, 2.45) is 28.6 Å². The standard InChI is InChI=1S/C24H28F5NO5/c1-20-4-3-13(31)8-16(20)17(25)9-15-14-7-12-11-30(6-5-22(26,27)28)35-24(12,19(33)34)21(14,2)10-18(32)23(15,20)29/h3-4,8,12,14-15,17-18,32H,5-7,9-11H2,1-2H3,(H,33,34)/t12-,14?,15-,17-,18-,20-,21-,23-,24-/m0/s1. The van der Waals surface area contributed by atoms with E-state index in [1.54, 1.807) is 6.92 Å². The van der Waals surface area contributed by atoms with Gasteiger partial charge in [-0.3, -0.25) is 9.63 Å². The van der Waals surface area contributed by atoms with Crippen LogP contribution in [0.4, 0.5) is 22.0 Å². The van der Waals surface area contributed by atoms with Crippen LogP contribution in [0.25, 0.3) is 0 Å². The van der Waals surface area contributed by atoms with Crippen LogP contribution in [-0.2, 0) is 14.4 Å². The first-order valence-electron chi connectivity index (χ1n) is 11.8. The number of aliphatic hydroxyl groups is 1. The highest BCUT2D eigenvalue weighted by Gasteiger charge is 2.80. The van der Waals surface area contributed by atoms with E-state index in [2.05, 4.69) is 0 Å². The Morgan fingerprint density at radius 2 is 1.94 bits per heavy atom. The number of hydroxylamine groups is 2. The number of hydrogen-bond donors (Lipinski definition) is 2. The number of carboxylic acids is 1. The highest BCUT2D eigenvalue weighted by atomic mass is 19.4. The molecule has 0 aromatic heterocycles. The smallest absolute Gasteiger partial charge is 0.390 e. The fourth-order valence-corrected chi connectivity index (χ4v) is 8.07. The molecule has 6 nitrogen and oxygen atoms in total. The van der Waals surface area contributed by atoms with Gasteiger partial charge in [-0.25, -0.2) is 13.6 Å². The van der Waals surface area contributed by atoms with E-state index in [1.165, 1.54) is 13.0 Å². The van der Waals surface area contributed by atoms with Gasteiger partial charge in [0.1, 0.15) is 6.17 Å². The second-order valence-corrected chi connectivity index (χ2v) is 11.2. The summed E-state index contributed by atoms with van der Waals surface area (Å²) in [7, 11) is 0. The lowest BCUT2D eigenvalue weighted by Crippen LogP contribution is -2.70. The SMILES string of the molecule is C[C@]12C=CC(=O)C=C1[C@@H](F)C[C@H]1C3C[C@H]4CN(CCC(F)(F)F)O[C@@]4(C(=O)O)[C@@]3(C)C[C@H](O)[C@@]12F. The van der Waals surface area contributed by atoms with Crippen molar-refractivity contribution in [3.8, 4) is 0 Å². The van der Waals surface area contributed by atoms with E-state index in [9.17, 15) is 33.0 Å². The van der Waals surface area contributed by atoms with Gasteiger partial charge in [-0.05, 0) is 49.8 Å². The van der Waals surface area contributed by atoms with Crippen LogP contribution in [0, 0.1) is 28.6 Å². The topological polar surface area (TPSA) is 87.1 Å². The summed E-state index contributed by atoms with van der Waals surface area (Å²) < 4.78 is 70.9. The molecule has 1 aliphatic heterocycles. The first kappa shape index (κ1) is 24.8. The first-order valence-corrected chi connectivity index (χ1v) is 11.8. The number of ketones is 1. The van der Waals surface area contributed by atoms with E-state index in [-0.39, 0.29) is 31.4 Å². The zero-order valence-electron chi connectivity index (χ0n) is 19.3. The van der Waals surface area contributed by atoms with Crippen LogP contribution in [0.3, 0.4) is 0 Å². The fourth-order valence-electron chi connectivity index (χ4n) is 8.07. The van der Waals surface area contributed by atoms with Crippen molar-refractivity contribution in [1.29, 1.82) is 0 Å². The molecular formula is C24H28F5NO5. The fraction of sp³-hybridized carbons (Fsp3) is 0.750. The van der Waals surface area contributed by atoms with Gasteiger partial charge in [0, 0.05) is 35.8 Å². The number of allylic oxidation sites excluding steroid dienone is 4. The quantitative estimate of drug-likeness (QED) is 0.571. The summed E-state index contributed by atoms with van der Waals surface area (Å²) in [6.45, 7) is 2.37. The molecule has 4 aliphatic carbocycles. The number of nitrogens with zero attached hydrogens (tertiary/aromatic N) is 1. The van der Waals surface area contributed by atoms with Crippen molar-refractivity contribution in [3.63, 3.8) is 0 Å². The Balaban J connectivity index is 1.54. The zero-order valence-corrected chi connectivity index (χ0v) is 19.3. The lowest BCUT2D eigenvalue weighted by molar-refractivity contribution is -0.276. The molecule has 11 heteroatoms. The summed E-state index contributed by atoms with van der Waals surface area (Å²) in [6, 6.07) is 0. The minimum absolute atomic E-state index is 0.0351. The van der Waals surface area contributed by atoms with Crippen LogP contribution in [0.15, 0.2) is 23.8 Å². The number of rotatable bonds is 3. The van der Waals surface area contributed by atoms with E-state index in [1.807, 2.05) is 0 Å². The minimum Gasteiger partial charge on any atom is -0.479 e. The number of halogens is 5. The van der Waals surface area contributed by atoms with E-state index in [4.69, 9.17) is 4.84 Å². The van der Waals surface area contributed by atoms with Crippen molar-refractivity contribution in [2.45, 2.75) is 69.3 Å². The van der Waals surface area contributed by atoms with Crippen LogP contribution in [0.2, 0.25) is 0 Å². The number of carbonyl (C=O) groups excluding carboxylic acids is 1. The summed E-state index contributed by atoms with van der Waals surface area (Å²) in [5.41, 5.74) is -7.32. The molecule has 194 valence electrons.